The summed E-state index contributed by atoms with van der Waals surface area (Å²) < 4.78 is 6.86. The van der Waals surface area contributed by atoms with Crippen LogP contribution in [0.4, 0.5) is 0 Å². The molecule has 1 saturated heterocycles. The smallest absolute Gasteiger partial charge is 0.289 e. The number of hydrogen-bond acceptors (Lipinski definition) is 3. The minimum Gasteiger partial charge on any atom is -0.356 e. The minimum absolute atomic E-state index is 0.0349. The summed E-state index contributed by atoms with van der Waals surface area (Å²) in [6.07, 6.45) is 3.16. The largest absolute Gasteiger partial charge is 0.356 e. The van der Waals surface area contributed by atoms with Gasteiger partial charge < -0.3 is 4.74 Å². The second-order valence-corrected chi connectivity index (χ2v) is 4.76. The van der Waals surface area contributed by atoms with Crippen molar-refractivity contribution in [2.45, 2.75) is 38.8 Å². The Morgan fingerprint density at radius 3 is 2.76 bits per heavy atom. The summed E-state index contributed by atoms with van der Waals surface area (Å²) in [6, 6.07) is 0. The zero-order valence-corrected chi connectivity index (χ0v) is 11.1. The third-order valence-corrected chi connectivity index (χ3v) is 3.69. The molecule has 1 aromatic heterocycles. The molecule has 0 spiro atoms. The Bertz CT molecular complexity index is 467. The fourth-order valence-corrected chi connectivity index (χ4v) is 2.33. The Morgan fingerprint density at radius 2 is 2.18 bits per heavy atom. The second-order valence-electron chi connectivity index (χ2n) is 4.00. The van der Waals surface area contributed by atoms with Gasteiger partial charge in [-0.2, -0.15) is 9.78 Å². The third-order valence-electron chi connectivity index (χ3n) is 2.83. The Morgan fingerprint density at radius 1 is 1.41 bits per heavy atom. The number of halogens is 2. The van der Waals surface area contributed by atoms with Crippen molar-refractivity contribution < 1.29 is 4.74 Å². The molecule has 4 nitrogen and oxygen atoms in total. The molecule has 2 rings (SSSR count). The van der Waals surface area contributed by atoms with Crippen LogP contribution < -0.4 is 5.56 Å². The summed E-state index contributed by atoms with van der Waals surface area (Å²) in [5, 5.41) is 4.53. The molecule has 0 amide bonds. The van der Waals surface area contributed by atoms with Gasteiger partial charge in [-0.15, -0.1) is 0 Å². The molecule has 94 valence electrons. The molecule has 1 unspecified atom stereocenters. The van der Waals surface area contributed by atoms with Gasteiger partial charge in [-0.25, -0.2) is 0 Å². The Labute approximate surface area is 109 Å². The average molecular weight is 277 g/mol. The van der Waals surface area contributed by atoms with Crippen LogP contribution in [0.5, 0.6) is 0 Å². The van der Waals surface area contributed by atoms with E-state index in [0.717, 1.165) is 19.3 Å². The second kappa shape index (κ2) is 5.38. The van der Waals surface area contributed by atoms with E-state index in [1.165, 1.54) is 4.68 Å². The van der Waals surface area contributed by atoms with Crippen molar-refractivity contribution >= 4 is 23.2 Å². The van der Waals surface area contributed by atoms with Crippen LogP contribution in [0.2, 0.25) is 10.0 Å². The van der Waals surface area contributed by atoms with Crippen molar-refractivity contribution in [3.63, 3.8) is 0 Å². The van der Waals surface area contributed by atoms with E-state index >= 15 is 0 Å². The van der Waals surface area contributed by atoms with Gasteiger partial charge in [-0.3, -0.25) is 4.79 Å². The summed E-state index contributed by atoms with van der Waals surface area (Å²) in [6.45, 7) is 2.57. The van der Waals surface area contributed by atoms with E-state index in [4.69, 9.17) is 27.9 Å². The van der Waals surface area contributed by atoms with E-state index in [9.17, 15) is 4.79 Å². The maximum atomic E-state index is 12.0. The van der Waals surface area contributed by atoms with Crippen molar-refractivity contribution in [1.29, 1.82) is 0 Å². The highest BCUT2D eigenvalue weighted by Crippen LogP contribution is 2.25. The van der Waals surface area contributed by atoms with Crippen molar-refractivity contribution in [3.05, 3.63) is 26.1 Å². The maximum Gasteiger partial charge on any atom is 0.289 e. The van der Waals surface area contributed by atoms with Crippen LogP contribution in [-0.4, -0.2) is 16.4 Å². The molecule has 0 radical (unpaired) electrons. The molecule has 1 fully saturated rings. The zero-order chi connectivity index (χ0) is 12.4. The normalized spacial score (nSPS) is 20.5. The lowest BCUT2D eigenvalue weighted by Gasteiger charge is -2.24. The van der Waals surface area contributed by atoms with E-state index < -0.39 is 0 Å². The molecule has 6 heteroatoms. The van der Waals surface area contributed by atoms with Gasteiger partial charge in [0.1, 0.15) is 5.02 Å². The van der Waals surface area contributed by atoms with Gasteiger partial charge in [0.2, 0.25) is 0 Å². The van der Waals surface area contributed by atoms with E-state index in [0.29, 0.717) is 18.7 Å². The molecule has 1 aliphatic rings. The average Bonchev–Trinajstić information content (AvgIpc) is 2.37. The summed E-state index contributed by atoms with van der Waals surface area (Å²) in [4.78, 5) is 12.0. The van der Waals surface area contributed by atoms with Crippen molar-refractivity contribution in [2.75, 3.05) is 6.61 Å². The molecular weight excluding hydrogens is 263 g/mol. The molecule has 1 aromatic rings. The lowest BCUT2D eigenvalue weighted by molar-refractivity contribution is -0.0427. The van der Waals surface area contributed by atoms with Gasteiger partial charge in [0.05, 0.1) is 10.7 Å². The number of rotatable bonds is 2. The van der Waals surface area contributed by atoms with Crippen molar-refractivity contribution in [3.8, 4) is 0 Å². The van der Waals surface area contributed by atoms with Crippen LogP contribution in [0.3, 0.4) is 0 Å². The highest BCUT2D eigenvalue weighted by molar-refractivity contribution is 6.42. The van der Waals surface area contributed by atoms with Gasteiger partial charge in [-0.1, -0.05) is 30.1 Å². The van der Waals surface area contributed by atoms with Crippen LogP contribution in [0.1, 0.15) is 38.1 Å². The highest BCUT2D eigenvalue weighted by Gasteiger charge is 2.21. The first-order valence-electron chi connectivity index (χ1n) is 5.73. The molecule has 0 N–H and O–H groups in total. The lowest BCUT2D eigenvalue weighted by atomic mass is 10.2. The number of aryl methyl sites for hydroxylation is 1. The van der Waals surface area contributed by atoms with Crippen molar-refractivity contribution in [1.82, 2.24) is 9.78 Å². The molecular formula is C11H14Cl2N2O2. The van der Waals surface area contributed by atoms with Crippen LogP contribution in [-0.2, 0) is 11.2 Å². The van der Waals surface area contributed by atoms with Crippen LogP contribution in [0.15, 0.2) is 4.79 Å². The first kappa shape index (κ1) is 12.9. The number of aromatic nitrogens is 2. The number of nitrogens with zero attached hydrogens (tertiary/aromatic N) is 2. The topological polar surface area (TPSA) is 44.1 Å². The number of ether oxygens (including phenoxy) is 1. The van der Waals surface area contributed by atoms with Crippen LogP contribution >= 0.6 is 23.2 Å². The molecule has 1 aliphatic heterocycles. The lowest BCUT2D eigenvalue weighted by Crippen LogP contribution is -2.32. The van der Waals surface area contributed by atoms with E-state index in [1.54, 1.807) is 0 Å². The Balaban J connectivity index is 2.46. The van der Waals surface area contributed by atoms with Gasteiger partial charge in [-0.05, 0) is 25.7 Å². The van der Waals surface area contributed by atoms with Crippen molar-refractivity contribution in [2.24, 2.45) is 0 Å². The molecule has 0 saturated carbocycles. The van der Waals surface area contributed by atoms with Gasteiger partial charge in [0, 0.05) is 6.61 Å². The van der Waals surface area contributed by atoms with E-state index in [2.05, 4.69) is 5.10 Å². The zero-order valence-electron chi connectivity index (χ0n) is 9.58. The fourth-order valence-electron chi connectivity index (χ4n) is 1.88. The van der Waals surface area contributed by atoms with Gasteiger partial charge in [0.15, 0.2) is 6.23 Å². The standard InChI is InChI=1S/C11H14Cl2N2O2/c1-2-7-9(12)10(13)11(16)15(14-7)8-5-3-4-6-17-8/h8H,2-6H2,1H3. The fraction of sp³-hybridized carbons (Fsp3) is 0.636. The first-order valence-corrected chi connectivity index (χ1v) is 6.49. The third kappa shape index (κ3) is 2.49. The maximum absolute atomic E-state index is 12.0. The van der Waals surface area contributed by atoms with E-state index in [-0.39, 0.29) is 21.8 Å². The SMILES string of the molecule is CCc1nn(C2CCCCO2)c(=O)c(Cl)c1Cl. The number of hydrogen-bond donors (Lipinski definition) is 0. The summed E-state index contributed by atoms with van der Waals surface area (Å²) in [5.41, 5.74) is 0.256. The Kier molecular flexibility index (Phi) is 4.07. The first-order chi connectivity index (χ1) is 8.15. The van der Waals surface area contributed by atoms with Crippen LogP contribution in [0, 0.1) is 0 Å². The molecule has 1 atom stereocenters. The summed E-state index contributed by atoms with van der Waals surface area (Å²) in [7, 11) is 0. The predicted octanol–water partition coefficient (Wildman–Crippen LogP) is 2.81. The molecule has 0 aromatic carbocycles. The quantitative estimate of drug-likeness (QED) is 0.835. The summed E-state index contributed by atoms with van der Waals surface area (Å²) in [5.74, 6) is 0. The summed E-state index contributed by atoms with van der Waals surface area (Å²) >= 11 is 11.9. The molecule has 0 bridgehead atoms. The van der Waals surface area contributed by atoms with Crippen LogP contribution in [0.25, 0.3) is 0 Å². The predicted molar refractivity (Wildman–Crippen MR) is 66.7 cm³/mol. The highest BCUT2D eigenvalue weighted by atomic mass is 35.5. The van der Waals surface area contributed by atoms with E-state index in [1.807, 2.05) is 6.92 Å². The monoisotopic (exact) mass is 276 g/mol. The molecule has 2 heterocycles. The minimum atomic E-state index is -0.374. The van der Waals surface area contributed by atoms with Gasteiger partial charge >= 0.3 is 0 Å². The molecule has 17 heavy (non-hydrogen) atoms. The van der Waals surface area contributed by atoms with Gasteiger partial charge in [0.25, 0.3) is 5.56 Å². The molecule has 0 aliphatic carbocycles. The Hall–Kier alpha value is -0.580.